The molecule has 0 aliphatic carbocycles. The molecule has 0 bridgehead atoms. The Hall–Kier alpha value is 0.570. The maximum absolute atomic E-state index is 9.40. The SMILES string of the molecule is OC1CC(N2CCN(I)CC2)CCO1. The van der Waals surface area contributed by atoms with Gasteiger partial charge in [0.1, 0.15) is 0 Å². The van der Waals surface area contributed by atoms with Crippen LogP contribution in [-0.4, -0.2) is 58.2 Å². The van der Waals surface area contributed by atoms with Crippen molar-refractivity contribution in [2.24, 2.45) is 0 Å². The minimum atomic E-state index is -0.536. The molecule has 14 heavy (non-hydrogen) atoms. The van der Waals surface area contributed by atoms with Gasteiger partial charge < -0.3 is 9.84 Å². The molecule has 2 heterocycles. The van der Waals surface area contributed by atoms with Crippen LogP contribution in [-0.2, 0) is 4.74 Å². The van der Waals surface area contributed by atoms with Gasteiger partial charge in [-0.3, -0.25) is 4.90 Å². The van der Waals surface area contributed by atoms with Crippen LogP contribution >= 0.6 is 22.9 Å². The summed E-state index contributed by atoms with van der Waals surface area (Å²) >= 11 is 2.37. The van der Waals surface area contributed by atoms with Crippen molar-refractivity contribution in [3.63, 3.8) is 0 Å². The van der Waals surface area contributed by atoms with Gasteiger partial charge in [0, 0.05) is 61.5 Å². The summed E-state index contributed by atoms with van der Waals surface area (Å²) in [5, 5.41) is 9.40. The van der Waals surface area contributed by atoms with Crippen LogP contribution in [0.5, 0.6) is 0 Å². The fourth-order valence-corrected chi connectivity index (χ4v) is 2.58. The summed E-state index contributed by atoms with van der Waals surface area (Å²) in [7, 11) is 0. The molecule has 5 heteroatoms. The molecule has 2 unspecified atom stereocenters. The van der Waals surface area contributed by atoms with E-state index in [4.69, 9.17) is 4.74 Å². The van der Waals surface area contributed by atoms with Gasteiger partial charge in [-0.1, -0.05) is 0 Å². The molecule has 1 N–H and O–H groups in total. The molecule has 0 saturated carbocycles. The minimum absolute atomic E-state index is 0.531. The summed E-state index contributed by atoms with van der Waals surface area (Å²) in [6, 6.07) is 0.531. The number of rotatable bonds is 1. The number of hydrogen-bond donors (Lipinski definition) is 1. The highest BCUT2D eigenvalue weighted by molar-refractivity contribution is 14.1. The number of aliphatic hydroxyl groups is 1. The number of aliphatic hydroxyl groups excluding tert-OH is 1. The molecule has 0 radical (unpaired) electrons. The Bertz CT molecular complexity index is 186. The van der Waals surface area contributed by atoms with Crippen LogP contribution in [0.1, 0.15) is 12.8 Å². The van der Waals surface area contributed by atoms with Gasteiger partial charge in [0.2, 0.25) is 0 Å². The Balaban J connectivity index is 1.82. The first-order valence-electron chi connectivity index (χ1n) is 5.20. The Morgan fingerprint density at radius 3 is 2.57 bits per heavy atom. The number of nitrogens with zero attached hydrogens (tertiary/aromatic N) is 2. The topological polar surface area (TPSA) is 35.9 Å². The maximum atomic E-state index is 9.40. The average Bonchev–Trinajstić information content (AvgIpc) is 2.19. The zero-order valence-corrected chi connectivity index (χ0v) is 10.4. The second-order valence-corrected chi connectivity index (χ2v) is 5.31. The van der Waals surface area contributed by atoms with Gasteiger partial charge in [-0.25, -0.2) is 3.11 Å². The smallest absolute Gasteiger partial charge is 0.156 e. The second-order valence-electron chi connectivity index (χ2n) is 3.95. The van der Waals surface area contributed by atoms with Crippen LogP contribution < -0.4 is 0 Å². The van der Waals surface area contributed by atoms with Crippen molar-refractivity contribution in [1.82, 2.24) is 8.01 Å². The first kappa shape index (κ1) is 11.1. The normalized spacial score (nSPS) is 37.3. The number of halogens is 1. The minimum Gasteiger partial charge on any atom is -0.368 e. The summed E-state index contributed by atoms with van der Waals surface area (Å²) in [6.45, 7) is 5.22. The lowest BCUT2D eigenvalue weighted by Gasteiger charge is -2.39. The standard InChI is InChI=1S/C9H17IN2O2/c10-12-4-2-11(3-5-12)8-1-6-14-9(13)7-8/h8-9,13H,1-7H2. The van der Waals surface area contributed by atoms with Crippen LogP contribution in [0.2, 0.25) is 0 Å². The fourth-order valence-electron chi connectivity index (χ4n) is 2.15. The van der Waals surface area contributed by atoms with E-state index in [0.717, 1.165) is 39.0 Å². The van der Waals surface area contributed by atoms with E-state index in [9.17, 15) is 5.11 Å². The molecule has 2 fully saturated rings. The molecule has 4 nitrogen and oxygen atoms in total. The highest BCUT2D eigenvalue weighted by atomic mass is 127. The lowest BCUT2D eigenvalue weighted by Crippen LogP contribution is -2.50. The zero-order chi connectivity index (χ0) is 9.97. The molecule has 0 spiro atoms. The molecule has 2 atom stereocenters. The molecule has 2 rings (SSSR count). The predicted molar refractivity (Wildman–Crippen MR) is 62.1 cm³/mol. The van der Waals surface area contributed by atoms with Crippen molar-refractivity contribution >= 4 is 22.9 Å². The van der Waals surface area contributed by atoms with E-state index in [2.05, 4.69) is 30.9 Å². The monoisotopic (exact) mass is 312 g/mol. The van der Waals surface area contributed by atoms with E-state index in [1.165, 1.54) is 0 Å². The summed E-state index contributed by atoms with van der Waals surface area (Å²) in [5.74, 6) is 0. The number of piperazine rings is 1. The largest absolute Gasteiger partial charge is 0.368 e. The Labute approximate surface area is 98.7 Å². The Kier molecular flexibility index (Phi) is 4.01. The molecular formula is C9H17IN2O2. The molecule has 2 aliphatic heterocycles. The van der Waals surface area contributed by atoms with Crippen molar-refractivity contribution in [2.75, 3.05) is 32.8 Å². The zero-order valence-electron chi connectivity index (χ0n) is 8.23. The van der Waals surface area contributed by atoms with Gasteiger partial charge in [-0.05, 0) is 6.42 Å². The molecule has 0 aromatic heterocycles. The maximum Gasteiger partial charge on any atom is 0.156 e. The van der Waals surface area contributed by atoms with Crippen molar-refractivity contribution in [3.8, 4) is 0 Å². The molecule has 0 aromatic carbocycles. The third-order valence-corrected chi connectivity index (χ3v) is 3.98. The van der Waals surface area contributed by atoms with Crippen LogP contribution in [0.15, 0.2) is 0 Å². The highest BCUT2D eigenvalue weighted by Crippen LogP contribution is 2.20. The predicted octanol–water partition coefficient (Wildman–Crippen LogP) is 0.451. The highest BCUT2D eigenvalue weighted by Gasteiger charge is 2.27. The lowest BCUT2D eigenvalue weighted by molar-refractivity contribution is -0.144. The van der Waals surface area contributed by atoms with Crippen molar-refractivity contribution in [3.05, 3.63) is 0 Å². The van der Waals surface area contributed by atoms with E-state index in [1.54, 1.807) is 0 Å². The van der Waals surface area contributed by atoms with E-state index in [-0.39, 0.29) is 0 Å². The lowest BCUT2D eigenvalue weighted by atomic mass is 10.1. The van der Waals surface area contributed by atoms with Gasteiger partial charge in [0.25, 0.3) is 0 Å². The van der Waals surface area contributed by atoms with Crippen LogP contribution in [0.25, 0.3) is 0 Å². The van der Waals surface area contributed by atoms with E-state index in [1.807, 2.05) is 0 Å². The Morgan fingerprint density at radius 2 is 1.93 bits per heavy atom. The van der Waals surface area contributed by atoms with E-state index < -0.39 is 6.29 Å². The summed E-state index contributed by atoms with van der Waals surface area (Å²) in [4.78, 5) is 2.49. The molecular weight excluding hydrogens is 295 g/mol. The summed E-state index contributed by atoms with van der Waals surface area (Å²) in [5.41, 5.74) is 0. The summed E-state index contributed by atoms with van der Waals surface area (Å²) in [6.07, 6.45) is 1.31. The van der Waals surface area contributed by atoms with Gasteiger partial charge in [0.05, 0.1) is 6.61 Å². The van der Waals surface area contributed by atoms with E-state index >= 15 is 0 Å². The first-order chi connectivity index (χ1) is 6.75. The Morgan fingerprint density at radius 1 is 1.21 bits per heavy atom. The molecule has 0 amide bonds. The number of ether oxygens (including phenoxy) is 1. The van der Waals surface area contributed by atoms with Gasteiger partial charge in [0.15, 0.2) is 6.29 Å². The van der Waals surface area contributed by atoms with Gasteiger partial charge in [-0.2, -0.15) is 0 Å². The van der Waals surface area contributed by atoms with Crippen molar-refractivity contribution < 1.29 is 9.84 Å². The first-order valence-corrected chi connectivity index (χ1v) is 6.16. The average molecular weight is 312 g/mol. The third-order valence-electron chi connectivity index (χ3n) is 3.01. The van der Waals surface area contributed by atoms with E-state index in [0.29, 0.717) is 12.6 Å². The van der Waals surface area contributed by atoms with Gasteiger partial charge in [-0.15, -0.1) is 0 Å². The number of hydrogen-bond acceptors (Lipinski definition) is 4. The molecule has 0 aromatic rings. The third kappa shape index (κ3) is 2.79. The molecule has 2 saturated heterocycles. The van der Waals surface area contributed by atoms with Crippen LogP contribution in [0.4, 0.5) is 0 Å². The fraction of sp³-hybridized carbons (Fsp3) is 1.00. The quantitative estimate of drug-likeness (QED) is 0.563. The summed E-state index contributed by atoms with van der Waals surface area (Å²) < 4.78 is 7.46. The van der Waals surface area contributed by atoms with Crippen molar-refractivity contribution in [1.29, 1.82) is 0 Å². The van der Waals surface area contributed by atoms with Crippen molar-refractivity contribution in [2.45, 2.75) is 25.2 Å². The molecule has 82 valence electrons. The van der Waals surface area contributed by atoms with Crippen LogP contribution in [0.3, 0.4) is 0 Å². The second kappa shape index (κ2) is 5.07. The molecule has 2 aliphatic rings. The van der Waals surface area contributed by atoms with Gasteiger partial charge >= 0.3 is 0 Å². The van der Waals surface area contributed by atoms with Crippen LogP contribution in [0, 0.1) is 0 Å².